The fourth-order valence-corrected chi connectivity index (χ4v) is 5.00. The van der Waals surface area contributed by atoms with E-state index in [0.717, 1.165) is 36.4 Å². The van der Waals surface area contributed by atoms with Crippen LogP contribution >= 0.6 is 0 Å². The van der Waals surface area contributed by atoms with Gasteiger partial charge in [0.2, 0.25) is 0 Å². The van der Waals surface area contributed by atoms with Crippen LogP contribution in [-0.4, -0.2) is 25.9 Å². The number of carbonyl (C=O) groups is 2. The van der Waals surface area contributed by atoms with Gasteiger partial charge in [0.05, 0.1) is 0 Å². The summed E-state index contributed by atoms with van der Waals surface area (Å²) in [5, 5.41) is 0. The van der Waals surface area contributed by atoms with Crippen molar-refractivity contribution in [1.29, 1.82) is 0 Å². The minimum absolute atomic E-state index is 0.130. The predicted molar refractivity (Wildman–Crippen MR) is 77.6 cm³/mol. The van der Waals surface area contributed by atoms with Crippen molar-refractivity contribution < 1.29 is 9.59 Å². The summed E-state index contributed by atoms with van der Waals surface area (Å²) in [6.45, 7) is 2.08. The molecule has 0 radical (unpaired) electrons. The Morgan fingerprint density at radius 3 is 2.79 bits per heavy atom. The van der Waals surface area contributed by atoms with E-state index < -0.39 is 0 Å². The van der Waals surface area contributed by atoms with Gasteiger partial charge in [0.15, 0.2) is 0 Å². The van der Waals surface area contributed by atoms with E-state index in [4.69, 9.17) is 0 Å². The van der Waals surface area contributed by atoms with Crippen LogP contribution in [0.4, 0.5) is 0 Å². The molecule has 1 fully saturated rings. The van der Waals surface area contributed by atoms with Crippen molar-refractivity contribution in [1.82, 2.24) is 0 Å². The van der Waals surface area contributed by atoms with E-state index in [1.54, 1.807) is 0 Å². The first-order valence-corrected chi connectivity index (χ1v) is 8.59. The van der Waals surface area contributed by atoms with Crippen LogP contribution in [0.3, 0.4) is 0 Å². The molecule has 1 saturated carbocycles. The molecule has 0 aliphatic heterocycles. The first kappa shape index (κ1) is 14.5. The fraction of sp³-hybridized carbons (Fsp3) is 0.500. The second-order valence-electron chi connectivity index (χ2n) is 5.47. The van der Waals surface area contributed by atoms with Crippen molar-refractivity contribution in [3.8, 4) is 0 Å². The molecule has 0 bridgehead atoms. The van der Waals surface area contributed by atoms with Gasteiger partial charge in [-0.15, -0.1) is 0 Å². The normalized spacial score (nSPS) is 26.9. The average Bonchev–Trinajstić information content (AvgIpc) is 2.43. The van der Waals surface area contributed by atoms with Gasteiger partial charge in [-0.2, -0.15) is 0 Å². The zero-order valence-electron chi connectivity index (χ0n) is 11.3. The Labute approximate surface area is 121 Å². The Kier molecular flexibility index (Phi) is 4.95. The fourth-order valence-electron chi connectivity index (χ4n) is 2.88. The predicted octanol–water partition coefficient (Wildman–Crippen LogP) is 2.33. The third-order valence-corrected chi connectivity index (χ3v) is 6.63. The monoisotopic (exact) mass is 324 g/mol. The second-order valence-corrected chi connectivity index (χ2v) is 7.66. The van der Waals surface area contributed by atoms with Crippen molar-refractivity contribution in [2.24, 2.45) is 11.3 Å². The number of hydrogen-bond acceptors (Lipinski definition) is 2. The molecule has 2 atom stereocenters. The molecule has 1 aliphatic carbocycles. The quantitative estimate of drug-likeness (QED) is 0.616. The van der Waals surface area contributed by atoms with Gasteiger partial charge in [-0.05, 0) is 0 Å². The molecule has 102 valence electrons. The first-order valence-electron chi connectivity index (χ1n) is 6.88. The minimum atomic E-state index is -0.283. The maximum atomic E-state index is 12.7. The van der Waals surface area contributed by atoms with Gasteiger partial charge in [-0.3, -0.25) is 0 Å². The summed E-state index contributed by atoms with van der Waals surface area (Å²) in [6, 6.07) is 9.99. The SMILES string of the molecule is C[C@@]1(C(=O)[Se]c2ccccc2)CCCC[C@H]1CC=O. The first-order chi connectivity index (χ1) is 9.16. The van der Waals surface area contributed by atoms with Crippen LogP contribution in [0, 0.1) is 11.3 Å². The third-order valence-electron chi connectivity index (χ3n) is 4.20. The molecule has 1 aromatic carbocycles. The van der Waals surface area contributed by atoms with Gasteiger partial charge < -0.3 is 0 Å². The second kappa shape index (κ2) is 6.49. The summed E-state index contributed by atoms with van der Waals surface area (Å²) in [4.78, 5) is 23.5. The molecule has 0 saturated heterocycles. The van der Waals surface area contributed by atoms with Crippen molar-refractivity contribution in [2.75, 3.05) is 0 Å². The summed E-state index contributed by atoms with van der Waals surface area (Å²) in [6.07, 6.45) is 5.75. The maximum absolute atomic E-state index is 12.7. The summed E-state index contributed by atoms with van der Waals surface area (Å²) in [7, 11) is 0. The van der Waals surface area contributed by atoms with Gasteiger partial charge in [0, 0.05) is 0 Å². The van der Waals surface area contributed by atoms with Gasteiger partial charge in [0.25, 0.3) is 0 Å². The number of benzene rings is 1. The van der Waals surface area contributed by atoms with Crippen LogP contribution in [0.2, 0.25) is 0 Å². The van der Waals surface area contributed by atoms with Gasteiger partial charge in [-0.1, -0.05) is 0 Å². The number of aldehydes is 1. The Morgan fingerprint density at radius 1 is 1.37 bits per heavy atom. The van der Waals surface area contributed by atoms with Crippen LogP contribution in [-0.2, 0) is 9.59 Å². The third kappa shape index (κ3) is 3.34. The molecular formula is C16H20O2Se. The van der Waals surface area contributed by atoms with E-state index >= 15 is 0 Å². The molecule has 2 nitrogen and oxygen atoms in total. The van der Waals surface area contributed by atoms with Gasteiger partial charge in [0.1, 0.15) is 0 Å². The van der Waals surface area contributed by atoms with Crippen molar-refractivity contribution in [3.63, 3.8) is 0 Å². The number of carbonyl (C=O) groups excluding carboxylic acids is 2. The van der Waals surface area contributed by atoms with Gasteiger partial charge in [-0.25, -0.2) is 0 Å². The van der Waals surface area contributed by atoms with Crippen molar-refractivity contribution in [3.05, 3.63) is 30.3 Å². The van der Waals surface area contributed by atoms with Crippen LogP contribution in [0.15, 0.2) is 30.3 Å². The van der Waals surface area contributed by atoms with E-state index in [9.17, 15) is 9.59 Å². The summed E-state index contributed by atoms with van der Waals surface area (Å²) in [5.41, 5.74) is -0.283. The van der Waals surface area contributed by atoms with Crippen molar-refractivity contribution in [2.45, 2.75) is 39.0 Å². The molecule has 1 aromatic rings. The average molecular weight is 323 g/mol. The van der Waals surface area contributed by atoms with E-state index in [-0.39, 0.29) is 26.3 Å². The van der Waals surface area contributed by atoms with E-state index in [1.807, 2.05) is 30.3 Å². The summed E-state index contributed by atoms with van der Waals surface area (Å²) < 4.78 is 1.49. The standard InChI is InChI=1S/C16H20O2Se/c1-16(11-6-5-7-13(16)10-12-17)15(18)19-14-8-3-2-4-9-14/h2-4,8-9,12-13H,5-7,10-11H2,1H3/t13-,16+/m0/s1. The summed E-state index contributed by atoms with van der Waals surface area (Å²) in [5.74, 6) is 0.247. The molecule has 0 amide bonds. The molecule has 0 aromatic heterocycles. The molecule has 19 heavy (non-hydrogen) atoms. The Hall–Kier alpha value is -0.921. The Morgan fingerprint density at radius 2 is 2.11 bits per heavy atom. The Bertz CT molecular complexity index is 443. The molecule has 0 spiro atoms. The molecule has 1 aliphatic rings. The zero-order chi connectivity index (χ0) is 13.7. The molecule has 0 unspecified atom stereocenters. The molecule has 0 heterocycles. The van der Waals surface area contributed by atoms with Crippen molar-refractivity contribution >= 4 is 30.4 Å². The number of rotatable bonds is 5. The molecule has 0 N–H and O–H groups in total. The number of hydrogen-bond donors (Lipinski definition) is 0. The van der Waals surface area contributed by atoms with Crippen LogP contribution in [0.5, 0.6) is 0 Å². The van der Waals surface area contributed by atoms with Crippen LogP contribution in [0.25, 0.3) is 0 Å². The molecule has 3 heteroatoms. The van der Waals surface area contributed by atoms with Crippen LogP contribution < -0.4 is 4.46 Å². The topological polar surface area (TPSA) is 34.1 Å². The van der Waals surface area contributed by atoms with E-state index in [1.165, 1.54) is 0 Å². The summed E-state index contributed by atoms with van der Waals surface area (Å²) >= 11 is -0.130. The van der Waals surface area contributed by atoms with E-state index in [2.05, 4.69) is 6.92 Å². The zero-order valence-corrected chi connectivity index (χ0v) is 13.0. The van der Waals surface area contributed by atoms with Crippen LogP contribution in [0.1, 0.15) is 39.0 Å². The van der Waals surface area contributed by atoms with E-state index in [0.29, 0.717) is 11.1 Å². The molecule has 2 rings (SSSR count). The Balaban J connectivity index is 2.12. The molecular weight excluding hydrogens is 303 g/mol. The van der Waals surface area contributed by atoms with Gasteiger partial charge >= 0.3 is 121 Å².